The number of benzene rings is 1. The van der Waals surface area contributed by atoms with Crippen LogP contribution in [0.2, 0.25) is 0 Å². The number of methoxy groups -OCH3 is 1. The molecule has 0 spiro atoms. The number of nitrogens with two attached hydrogens (primary N) is 1. The minimum atomic E-state index is 0.519. The molecular formula is C11H12BrN3OS. The van der Waals surface area contributed by atoms with Crippen LogP contribution in [0.15, 0.2) is 28.9 Å². The number of nitrogens with one attached hydrogen (secondary N) is 1. The average molecular weight is 314 g/mol. The molecule has 4 nitrogen and oxygen atoms in total. The molecule has 0 aliphatic rings. The van der Waals surface area contributed by atoms with E-state index in [4.69, 9.17) is 10.5 Å². The molecule has 17 heavy (non-hydrogen) atoms. The van der Waals surface area contributed by atoms with E-state index in [1.165, 1.54) is 0 Å². The summed E-state index contributed by atoms with van der Waals surface area (Å²) < 4.78 is 6.07. The molecule has 0 unspecified atom stereocenters. The molecule has 2 rings (SSSR count). The zero-order chi connectivity index (χ0) is 12.3. The Labute approximate surface area is 112 Å². The highest BCUT2D eigenvalue weighted by Gasteiger charge is 2.04. The average Bonchev–Trinajstić information content (AvgIpc) is 2.77. The van der Waals surface area contributed by atoms with Crippen LogP contribution in [-0.4, -0.2) is 12.1 Å². The topological polar surface area (TPSA) is 60.2 Å². The SMILES string of the molecule is COc1ccc(Nc2ncc(CN)s2)cc1Br. The van der Waals surface area contributed by atoms with Gasteiger partial charge in [-0.2, -0.15) is 0 Å². The van der Waals surface area contributed by atoms with Crippen molar-refractivity contribution in [3.8, 4) is 5.75 Å². The summed E-state index contributed by atoms with van der Waals surface area (Å²) in [5, 5.41) is 4.05. The highest BCUT2D eigenvalue weighted by atomic mass is 79.9. The lowest BCUT2D eigenvalue weighted by Crippen LogP contribution is -1.91. The van der Waals surface area contributed by atoms with E-state index in [0.717, 1.165) is 25.9 Å². The summed E-state index contributed by atoms with van der Waals surface area (Å²) in [5.74, 6) is 0.803. The molecule has 1 aromatic carbocycles. The van der Waals surface area contributed by atoms with E-state index in [2.05, 4.69) is 26.2 Å². The minimum absolute atomic E-state index is 0.519. The summed E-state index contributed by atoms with van der Waals surface area (Å²) in [7, 11) is 1.64. The Balaban J connectivity index is 2.15. The van der Waals surface area contributed by atoms with Crippen molar-refractivity contribution in [3.05, 3.63) is 33.7 Å². The van der Waals surface area contributed by atoms with Crippen LogP contribution < -0.4 is 15.8 Å². The third-order valence-electron chi connectivity index (χ3n) is 2.16. The minimum Gasteiger partial charge on any atom is -0.496 e. The smallest absolute Gasteiger partial charge is 0.187 e. The molecule has 0 radical (unpaired) electrons. The summed E-state index contributed by atoms with van der Waals surface area (Å²) in [6, 6.07) is 5.78. The van der Waals surface area contributed by atoms with Gasteiger partial charge in [-0.3, -0.25) is 0 Å². The van der Waals surface area contributed by atoms with Gasteiger partial charge in [-0.05, 0) is 34.1 Å². The number of halogens is 1. The van der Waals surface area contributed by atoms with Crippen LogP contribution in [-0.2, 0) is 6.54 Å². The first-order valence-corrected chi connectivity index (χ1v) is 6.59. The maximum atomic E-state index is 5.54. The molecule has 90 valence electrons. The lowest BCUT2D eigenvalue weighted by molar-refractivity contribution is 0.412. The maximum absolute atomic E-state index is 5.54. The first-order chi connectivity index (χ1) is 8.22. The second-order valence-corrected chi connectivity index (χ2v) is 5.28. The first-order valence-electron chi connectivity index (χ1n) is 4.98. The third-order valence-corrected chi connectivity index (χ3v) is 3.71. The van der Waals surface area contributed by atoms with Gasteiger partial charge in [0.1, 0.15) is 5.75 Å². The summed E-state index contributed by atoms with van der Waals surface area (Å²) >= 11 is 4.99. The fourth-order valence-corrected chi connectivity index (χ4v) is 2.58. The van der Waals surface area contributed by atoms with E-state index in [1.807, 2.05) is 18.2 Å². The quantitative estimate of drug-likeness (QED) is 0.910. The Kier molecular flexibility index (Phi) is 3.98. The van der Waals surface area contributed by atoms with E-state index < -0.39 is 0 Å². The zero-order valence-corrected chi connectivity index (χ0v) is 11.6. The van der Waals surface area contributed by atoms with Crippen LogP contribution in [0.4, 0.5) is 10.8 Å². The molecule has 0 amide bonds. The second kappa shape index (κ2) is 5.48. The molecule has 0 atom stereocenters. The Hall–Kier alpha value is -1.11. The molecule has 0 fully saturated rings. The molecule has 2 aromatic rings. The molecule has 3 N–H and O–H groups in total. The van der Waals surface area contributed by atoms with Crippen molar-refractivity contribution in [2.45, 2.75) is 6.54 Å². The number of rotatable bonds is 4. The standard InChI is InChI=1S/C11H12BrN3OS/c1-16-10-3-2-7(4-9(10)12)15-11-14-6-8(5-13)17-11/h2-4,6H,5,13H2,1H3,(H,14,15). The van der Waals surface area contributed by atoms with Gasteiger partial charge < -0.3 is 15.8 Å². The Bertz CT molecular complexity index is 515. The molecular weight excluding hydrogens is 302 g/mol. The number of hydrogen-bond donors (Lipinski definition) is 2. The van der Waals surface area contributed by atoms with E-state index in [1.54, 1.807) is 24.6 Å². The van der Waals surface area contributed by atoms with Gasteiger partial charge in [0.2, 0.25) is 0 Å². The summed E-state index contributed by atoms with van der Waals surface area (Å²) in [6.07, 6.45) is 1.78. The van der Waals surface area contributed by atoms with Crippen molar-refractivity contribution in [2.75, 3.05) is 12.4 Å². The van der Waals surface area contributed by atoms with Gasteiger partial charge in [0.15, 0.2) is 5.13 Å². The van der Waals surface area contributed by atoms with Crippen molar-refractivity contribution < 1.29 is 4.74 Å². The number of thiazole rings is 1. The van der Waals surface area contributed by atoms with Gasteiger partial charge in [0.25, 0.3) is 0 Å². The summed E-state index contributed by atoms with van der Waals surface area (Å²) in [5.41, 5.74) is 6.49. The van der Waals surface area contributed by atoms with E-state index in [0.29, 0.717) is 6.54 Å². The molecule has 6 heteroatoms. The second-order valence-electron chi connectivity index (χ2n) is 3.31. The van der Waals surface area contributed by atoms with Crippen LogP contribution in [0.1, 0.15) is 4.88 Å². The van der Waals surface area contributed by atoms with Crippen LogP contribution in [0, 0.1) is 0 Å². The molecule has 0 saturated heterocycles. The lowest BCUT2D eigenvalue weighted by atomic mass is 10.3. The van der Waals surface area contributed by atoms with Gasteiger partial charge in [-0.25, -0.2) is 4.98 Å². The molecule has 1 aromatic heterocycles. The van der Waals surface area contributed by atoms with Crippen molar-refractivity contribution in [2.24, 2.45) is 5.73 Å². The Morgan fingerprint density at radius 2 is 2.35 bits per heavy atom. The molecule has 0 aliphatic carbocycles. The summed E-state index contributed by atoms with van der Waals surface area (Å²) in [4.78, 5) is 5.29. The number of anilines is 2. The van der Waals surface area contributed by atoms with E-state index in [9.17, 15) is 0 Å². The monoisotopic (exact) mass is 313 g/mol. The van der Waals surface area contributed by atoms with Gasteiger partial charge >= 0.3 is 0 Å². The summed E-state index contributed by atoms with van der Waals surface area (Å²) in [6.45, 7) is 0.519. The Morgan fingerprint density at radius 1 is 1.53 bits per heavy atom. The number of aromatic nitrogens is 1. The number of hydrogen-bond acceptors (Lipinski definition) is 5. The van der Waals surface area contributed by atoms with Crippen LogP contribution >= 0.6 is 27.3 Å². The zero-order valence-electron chi connectivity index (χ0n) is 9.24. The Morgan fingerprint density at radius 3 is 2.94 bits per heavy atom. The maximum Gasteiger partial charge on any atom is 0.187 e. The highest BCUT2D eigenvalue weighted by Crippen LogP contribution is 2.30. The van der Waals surface area contributed by atoms with Gasteiger partial charge in [0.05, 0.1) is 11.6 Å². The van der Waals surface area contributed by atoms with Crippen molar-refractivity contribution >= 4 is 38.1 Å². The van der Waals surface area contributed by atoms with Gasteiger partial charge in [0, 0.05) is 23.3 Å². The number of nitrogens with zero attached hydrogens (tertiary/aromatic N) is 1. The molecule has 0 saturated carbocycles. The fraction of sp³-hybridized carbons (Fsp3) is 0.182. The van der Waals surface area contributed by atoms with E-state index >= 15 is 0 Å². The normalized spacial score (nSPS) is 10.3. The van der Waals surface area contributed by atoms with E-state index in [-0.39, 0.29) is 0 Å². The lowest BCUT2D eigenvalue weighted by Gasteiger charge is -2.06. The van der Waals surface area contributed by atoms with Crippen molar-refractivity contribution in [3.63, 3.8) is 0 Å². The first kappa shape index (κ1) is 12.3. The number of ether oxygens (including phenoxy) is 1. The third kappa shape index (κ3) is 2.96. The molecule has 1 heterocycles. The molecule has 0 bridgehead atoms. The van der Waals surface area contributed by atoms with Crippen LogP contribution in [0.5, 0.6) is 5.75 Å². The predicted octanol–water partition coefficient (Wildman–Crippen LogP) is 3.12. The van der Waals surface area contributed by atoms with Gasteiger partial charge in [-0.15, -0.1) is 11.3 Å². The largest absolute Gasteiger partial charge is 0.496 e. The van der Waals surface area contributed by atoms with Crippen molar-refractivity contribution in [1.29, 1.82) is 0 Å². The van der Waals surface area contributed by atoms with Crippen LogP contribution in [0.25, 0.3) is 0 Å². The fourth-order valence-electron chi connectivity index (χ4n) is 1.33. The predicted molar refractivity (Wildman–Crippen MR) is 74.0 cm³/mol. The highest BCUT2D eigenvalue weighted by molar-refractivity contribution is 9.10. The van der Waals surface area contributed by atoms with Gasteiger partial charge in [-0.1, -0.05) is 0 Å². The van der Waals surface area contributed by atoms with Crippen LogP contribution in [0.3, 0.4) is 0 Å². The van der Waals surface area contributed by atoms with Crippen molar-refractivity contribution in [1.82, 2.24) is 4.98 Å². The molecule has 0 aliphatic heterocycles.